The minimum atomic E-state index is 0.806. The Bertz CT molecular complexity index is 211. The highest BCUT2D eigenvalue weighted by molar-refractivity contribution is 4.98. The third kappa shape index (κ3) is 1.83. The lowest BCUT2D eigenvalue weighted by Crippen LogP contribution is -2.50. The highest BCUT2D eigenvalue weighted by Crippen LogP contribution is 2.38. The zero-order valence-corrected chi connectivity index (χ0v) is 9.91. The maximum Gasteiger partial charge on any atom is 0.0114 e. The summed E-state index contributed by atoms with van der Waals surface area (Å²) in [6.07, 6.45) is 10.2. The second kappa shape index (κ2) is 4.06. The predicted octanol–water partition coefficient (Wildman–Crippen LogP) is 2.00. The number of rotatable bonds is 3. The Hall–Kier alpha value is -0.0800. The molecule has 0 amide bonds. The normalized spacial score (nSPS) is 41.8. The van der Waals surface area contributed by atoms with E-state index in [1.165, 1.54) is 51.5 Å². The minimum absolute atomic E-state index is 0.806. The van der Waals surface area contributed by atoms with Crippen LogP contribution in [0.2, 0.25) is 0 Å². The van der Waals surface area contributed by atoms with Crippen LogP contribution in [0.25, 0.3) is 0 Å². The predicted molar refractivity (Wildman–Crippen MR) is 62.9 cm³/mol. The highest BCUT2D eigenvalue weighted by Gasteiger charge is 2.41. The van der Waals surface area contributed by atoms with E-state index >= 15 is 0 Å². The van der Waals surface area contributed by atoms with Gasteiger partial charge in [-0.3, -0.25) is 4.90 Å². The molecular formula is C13H24N2. The molecule has 0 aromatic rings. The summed E-state index contributed by atoms with van der Waals surface area (Å²) < 4.78 is 0. The summed E-state index contributed by atoms with van der Waals surface area (Å²) >= 11 is 0. The van der Waals surface area contributed by atoms with Gasteiger partial charge in [0.25, 0.3) is 0 Å². The summed E-state index contributed by atoms with van der Waals surface area (Å²) in [4.78, 5) is 2.86. The maximum absolute atomic E-state index is 3.48. The van der Waals surface area contributed by atoms with Crippen LogP contribution >= 0.6 is 0 Å². The first-order chi connectivity index (χ1) is 7.36. The zero-order chi connectivity index (χ0) is 10.3. The Kier molecular flexibility index (Phi) is 2.73. The Morgan fingerprint density at radius 2 is 1.73 bits per heavy atom. The van der Waals surface area contributed by atoms with Crippen molar-refractivity contribution in [1.82, 2.24) is 10.2 Å². The third-order valence-electron chi connectivity index (χ3n) is 4.99. The Balaban J connectivity index is 1.60. The van der Waals surface area contributed by atoms with Crippen molar-refractivity contribution in [3.8, 4) is 0 Å². The fourth-order valence-corrected chi connectivity index (χ4v) is 3.78. The zero-order valence-electron chi connectivity index (χ0n) is 9.91. The molecule has 15 heavy (non-hydrogen) atoms. The van der Waals surface area contributed by atoms with Gasteiger partial charge in [-0.05, 0) is 51.5 Å². The van der Waals surface area contributed by atoms with E-state index in [-0.39, 0.29) is 0 Å². The van der Waals surface area contributed by atoms with E-state index in [0.717, 1.165) is 24.0 Å². The molecule has 2 bridgehead atoms. The standard InChI is InChI=1S/C13H24N2/c1-14-11-7-12-5-6-13(8-11)15(12)9-10-3-2-4-10/h10-14H,2-9H2,1H3. The van der Waals surface area contributed by atoms with Crippen LogP contribution in [0.1, 0.15) is 44.9 Å². The van der Waals surface area contributed by atoms with E-state index in [1.807, 2.05) is 0 Å². The minimum Gasteiger partial charge on any atom is -0.317 e. The molecule has 0 radical (unpaired) electrons. The Morgan fingerprint density at radius 1 is 1.07 bits per heavy atom. The van der Waals surface area contributed by atoms with Crippen LogP contribution in [-0.2, 0) is 0 Å². The van der Waals surface area contributed by atoms with Gasteiger partial charge in [0.05, 0.1) is 0 Å². The van der Waals surface area contributed by atoms with E-state index in [0.29, 0.717) is 0 Å². The second-order valence-electron chi connectivity index (χ2n) is 5.84. The fourth-order valence-electron chi connectivity index (χ4n) is 3.78. The van der Waals surface area contributed by atoms with Gasteiger partial charge >= 0.3 is 0 Å². The van der Waals surface area contributed by atoms with Crippen LogP contribution in [0, 0.1) is 5.92 Å². The topological polar surface area (TPSA) is 15.3 Å². The van der Waals surface area contributed by atoms with Crippen molar-refractivity contribution in [3.05, 3.63) is 0 Å². The molecule has 2 unspecified atom stereocenters. The quantitative estimate of drug-likeness (QED) is 0.763. The van der Waals surface area contributed by atoms with E-state index < -0.39 is 0 Å². The van der Waals surface area contributed by atoms with Crippen molar-refractivity contribution in [3.63, 3.8) is 0 Å². The average Bonchev–Trinajstić information content (AvgIpc) is 2.44. The van der Waals surface area contributed by atoms with Crippen molar-refractivity contribution in [2.24, 2.45) is 5.92 Å². The number of fused-ring (bicyclic) bond motifs is 2. The smallest absolute Gasteiger partial charge is 0.0114 e. The van der Waals surface area contributed by atoms with Gasteiger partial charge in [-0.25, -0.2) is 0 Å². The third-order valence-corrected chi connectivity index (χ3v) is 4.99. The fraction of sp³-hybridized carbons (Fsp3) is 1.00. The number of hydrogen-bond donors (Lipinski definition) is 1. The van der Waals surface area contributed by atoms with Crippen molar-refractivity contribution < 1.29 is 0 Å². The largest absolute Gasteiger partial charge is 0.317 e. The lowest BCUT2D eigenvalue weighted by Gasteiger charge is -2.42. The number of nitrogens with zero attached hydrogens (tertiary/aromatic N) is 1. The van der Waals surface area contributed by atoms with Gasteiger partial charge in [-0.2, -0.15) is 0 Å². The SMILES string of the molecule is CNC1CC2CCC(C1)N2CC1CCC1. The van der Waals surface area contributed by atoms with Crippen LogP contribution in [0.3, 0.4) is 0 Å². The lowest BCUT2D eigenvalue weighted by molar-refractivity contribution is 0.0802. The van der Waals surface area contributed by atoms with Crippen LogP contribution < -0.4 is 5.32 Å². The monoisotopic (exact) mass is 208 g/mol. The number of hydrogen-bond acceptors (Lipinski definition) is 2. The molecule has 1 aliphatic carbocycles. The van der Waals surface area contributed by atoms with Crippen LogP contribution in [0.4, 0.5) is 0 Å². The van der Waals surface area contributed by atoms with Crippen molar-refractivity contribution in [1.29, 1.82) is 0 Å². The first kappa shape index (κ1) is 10.1. The molecule has 3 fully saturated rings. The van der Waals surface area contributed by atoms with Gasteiger partial charge in [-0.1, -0.05) is 6.42 Å². The van der Waals surface area contributed by atoms with Crippen molar-refractivity contribution in [2.75, 3.05) is 13.6 Å². The Labute approximate surface area is 93.4 Å². The molecule has 0 aromatic carbocycles. The lowest BCUT2D eigenvalue weighted by atomic mass is 9.84. The average molecular weight is 208 g/mol. The Morgan fingerprint density at radius 3 is 2.20 bits per heavy atom. The molecule has 1 N–H and O–H groups in total. The molecule has 2 atom stereocenters. The molecule has 2 heterocycles. The second-order valence-corrected chi connectivity index (χ2v) is 5.84. The summed E-state index contributed by atoms with van der Waals surface area (Å²) in [6, 6.07) is 2.64. The van der Waals surface area contributed by atoms with Crippen LogP contribution in [0.15, 0.2) is 0 Å². The molecule has 0 aromatic heterocycles. The molecule has 2 saturated heterocycles. The first-order valence-electron chi connectivity index (χ1n) is 6.80. The van der Waals surface area contributed by atoms with E-state index in [9.17, 15) is 0 Å². The molecular weight excluding hydrogens is 184 g/mol. The van der Waals surface area contributed by atoms with Crippen molar-refractivity contribution in [2.45, 2.75) is 63.1 Å². The van der Waals surface area contributed by atoms with Gasteiger partial charge in [0.15, 0.2) is 0 Å². The number of piperidine rings is 1. The molecule has 0 spiro atoms. The number of nitrogens with one attached hydrogen (secondary N) is 1. The molecule has 2 aliphatic heterocycles. The van der Waals surface area contributed by atoms with Crippen molar-refractivity contribution >= 4 is 0 Å². The molecule has 2 nitrogen and oxygen atoms in total. The summed E-state index contributed by atoms with van der Waals surface area (Å²) in [5.74, 6) is 1.05. The van der Waals surface area contributed by atoms with E-state index in [2.05, 4.69) is 17.3 Å². The van der Waals surface area contributed by atoms with E-state index in [1.54, 1.807) is 0 Å². The molecule has 86 valence electrons. The highest BCUT2D eigenvalue weighted by atomic mass is 15.2. The first-order valence-corrected chi connectivity index (χ1v) is 6.80. The summed E-state index contributed by atoms with van der Waals surface area (Å²) in [5, 5.41) is 3.48. The van der Waals surface area contributed by atoms with Gasteiger partial charge < -0.3 is 5.32 Å². The van der Waals surface area contributed by atoms with Gasteiger partial charge in [0.1, 0.15) is 0 Å². The molecule has 3 aliphatic rings. The molecule has 1 saturated carbocycles. The molecule has 2 heteroatoms. The maximum atomic E-state index is 3.48. The van der Waals surface area contributed by atoms with Gasteiger partial charge in [-0.15, -0.1) is 0 Å². The van der Waals surface area contributed by atoms with Crippen LogP contribution in [0.5, 0.6) is 0 Å². The van der Waals surface area contributed by atoms with Gasteiger partial charge in [0, 0.05) is 24.7 Å². The van der Waals surface area contributed by atoms with Crippen LogP contribution in [-0.4, -0.2) is 36.6 Å². The summed E-state index contributed by atoms with van der Waals surface area (Å²) in [6.45, 7) is 1.42. The molecule has 3 rings (SSSR count). The van der Waals surface area contributed by atoms with E-state index in [4.69, 9.17) is 0 Å². The van der Waals surface area contributed by atoms with Gasteiger partial charge in [0.2, 0.25) is 0 Å². The summed E-state index contributed by atoms with van der Waals surface area (Å²) in [7, 11) is 2.13. The summed E-state index contributed by atoms with van der Waals surface area (Å²) in [5.41, 5.74) is 0.